The number of halogens is 1. The third kappa shape index (κ3) is 5.78. The standard InChI is InChI=1S/C19H26FN3/c1-6-8-16-14-17(22-19(16)21-4)13-15(3)9-10-18(7-2)23(5)12-11-20/h2,8-10,14H,6,11-13H2,1,3-5H3,(H,21,22)/b15-9+,16-8-,18-10+. The van der Waals surface area contributed by atoms with Gasteiger partial charge >= 0.3 is 0 Å². The molecule has 0 fully saturated rings. The molecule has 0 radical (unpaired) electrons. The van der Waals surface area contributed by atoms with Crippen LogP contribution in [0.4, 0.5) is 4.39 Å². The van der Waals surface area contributed by atoms with Crippen molar-refractivity contribution < 1.29 is 4.39 Å². The summed E-state index contributed by atoms with van der Waals surface area (Å²) in [5.74, 6) is 3.51. The number of nitrogens with one attached hydrogen (secondary N) is 1. The summed E-state index contributed by atoms with van der Waals surface area (Å²) in [6, 6.07) is 0. The third-order valence-electron chi connectivity index (χ3n) is 3.50. The van der Waals surface area contributed by atoms with Gasteiger partial charge in [0.15, 0.2) is 0 Å². The van der Waals surface area contributed by atoms with Gasteiger partial charge in [0.25, 0.3) is 0 Å². The fourth-order valence-electron chi connectivity index (χ4n) is 2.29. The van der Waals surface area contributed by atoms with E-state index in [1.807, 2.05) is 19.1 Å². The number of rotatable bonds is 7. The van der Waals surface area contributed by atoms with E-state index in [2.05, 4.69) is 35.3 Å². The normalized spacial score (nSPS) is 18.9. The Morgan fingerprint density at radius 2 is 2.22 bits per heavy atom. The molecular formula is C19H26FN3. The second-order valence-corrected chi connectivity index (χ2v) is 5.43. The Morgan fingerprint density at radius 1 is 1.48 bits per heavy atom. The van der Waals surface area contributed by atoms with E-state index >= 15 is 0 Å². The second kappa shape index (κ2) is 9.68. The summed E-state index contributed by atoms with van der Waals surface area (Å²) in [7, 11) is 3.58. The highest BCUT2D eigenvalue weighted by molar-refractivity contribution is 6.04. The zero-order valence-corrected chi connectivity index (χ0v) is 14.5. The van der Waals surface area contributed by atoms with Gasteiger partial charge in [0.05, 0.1) is 5.70 Å². The van der Waals surface area contributed by atoms with Crippen molar-refractivity contribution in [1.82, 2.24) is 10.2 Å². The number of alkyl halides is 1. The molecule has 1 rings (SSSR count). The molecule has 1 N–H and O–H groups in total. The molecule has 0 unspecified atom stereocenters. The average Bonchev–Trinajstić information content (AvgIpc) is 2.90. The van der Waals surface area contributed by atoms with Gasteiger partial charge in [-0.2, -0.15) is 0 Å². The molecule has 0 aromatic heterocycles. The Morgan fingerprint density at radius 3 is 2.78 bits per heavy atom. The minimum atomic E-state index is -0.416. The number of terminal acetylenes is 1. The average molecular weight is 315 g/mol. The number of amidine groups is 1. The molecule has 0 saturated carbocycles. The molecule has 1 aliphatic rings. The third-order valence-corrected chi connectivity index (χ3v) is 3.50. The van der Waals surface area contributed by atoms with Gasteiger partial charge in [-0.1, -0.05) is 30.6 Å². The van der Waals surface area contributed by atoms with Crippen molar-refractivity contribution in [1.29, 1.82) is 0 Å². The van der Waals surface area contributed by atoms with Gasteiger partial charge in [0, 0.05) is 38.3 Å². The summed E-state index contributed by atoms with van der Waals surface area (Å²) >= 11 is 0. The van der Waals surface area contributed by atoms with Crippen molar-refractivity contribution in [2.45, 2.75) is 26.7 Å². The van der Waals surface area contributed by atoms with Gasteiger partial charge in [0.1, 0.15) is 12.5 Å². The largest absolute Gasteiger partial charge is 0.365 e. The molecule has 0 saturated heterocycles. The maximum atomic E-state index is 12.4. The topological polar surface area (TPSA) is 27.6 Å². The van der Waals surface area contributed by atoms with E-state index in [9.17, 15) is 4.39 Å². The molecule has 0 amide bonds. The Kier molecular flexibility index (Phi) is 7.90. The first kappa shape index (κ1) is 18.8. The summed E-state index contributed by atoms with van der Waals surface area (Å²) in [5.41, 5.74) is 4.10. The quantitative estimate of drug-likeness (QED) is 0.574. The van der Waals surface area contributed by atoms with Crippen molar-refractivity contribution in [3.05, 3.63) is 46.8 Å². The van der Waals surface area contributed by atoms with Crippen molar-refractivity contribution in [2.24, 2.45) is 4.99 Å². The molecule has 1 heterocycles. The van der Waals surface area contributed by atoms with E-state index in [-0.39, 0.29) is 0 Å². The molecule has 3 nitrogen and oxygen atoms in total. The number of nitrogens with zero attached hydrogens (tertiary/aromatic N) is 2. The van der Waals surface area contributed by atoms with Crippen LogP contribution in [-0.4, -0.2) is 38.1 Å². The highest BCUT2D eigenvalue weighted by Crippen LogP contribution is 2.18. The number of aliphatic imine (C=N–C) groups is 1. The van der Waals surface area contributed by atoms with Crippen molar-refractivity contribution in [2.75, 3.05) is 27.3 Å². The predicted octanol–water partition coefficient (Wildman–Crippen LogP) is 3.59. The first-order chi connectivity index (χ1) is 11.0. The van der Waals surface area contributed by atoms with Crippen molar-refractivity contribution in [3.63, 3.8) is 0 Å². The van der Waals surface area contributed by atoms with Crippen LogP contribution in [0, 0.1) is 12.3 Å². The lowest BCUT2D eigenvalue weighted by atomic mass is 10.1. The molecule has 0 aliphatic carbocycles. The van der Waals surface area contributed by atoms with Crippen LogP contribution in [0.5, 0.6) is 0 Å². The van der Waals surface area contributed by atoms with E-state index in [0.717, 1.165) is 29.9 Å². The molecule has 4 heteroatoms. The maximum Gasteiger partial charge on any atom is 0.131 e. The van der Waals surface area contributed by atoms with Crippen LogP contribution in [0.15, 0.2) is 51.8 Å². The van der Waals surface area contributed by atoms with Crippen LogP contribution in [0.1, 0.15) is 26.7 Å². The minimum Gasteiger partial charge on any atom is -0.365 e. The summed E-state index contributed by atoms with van der Waals surface area (Å²) < 4.78 is 12.4. The Labute approximate surface area is 139 Å². The van der Waals surface area contributed by atoms with Crippen LogP contribution in [-0.2, 0) is 0 Å². The van der Waals surface area contributed by atoms with Crippen LogP contribution in [0.25, 0.3) is 0 Å². The molecule has 0 bridgehead atoms. The lowest BCUT2D eigenvalue weighted by molar-refractivity contribution is 0.360. The molecule has 124 valence electrons. The van der Waals surface area contributed by atoms with E-state index < -0.39 is 6.67 Å². The molecular weight excluding hydrogens is 289 g/mol. The summed E-state index contributed by atoms with van der Waals surface area (Å²) in [6.07, 6.45) is 15.4. The molecule has 0 aromatic rings. The van der Waals surface area contributed by atoms with Crippen LogP contribution >= 0.6 is 0 Å². The maximum absolute atomic E-state index is 12.4. The van der Waals surface area contributed by atoms with Crippen molar-refractivity contribution in [3.8, 4) is 12.3 Å². The molecule has 0 atom stereocenters. The Bertz CT molecular complexity index is 601. The van der Waals surface area contributed by atoms with Crippen LogP contribution < -0.4 is 5.32 Å². The lowest BCUT2D eigenvalue weighted by Gasteiger charge is -2.16. The highest BCUT2D eigenvalue weighted by Gasteiger charge is 2.14. The van der Waals surface area contributed by atoms with Crippen LogP contribution in [0.2, 0.25) is 0 Å². The molecule has 0 spiro atoms. The van der Waals surface area contributed by atoms with Gasteiger partial charge in [-0.25, -0.2) is 4.39 Å². The summed E-state index contributed by atoms with van der Waals surface area (Å²) in [6.45, 7) is 4.04. The predicted molar refractivity (Wildman–Crippen MR) is 96.8 cm³/mol. The zero-order chi connectivity index (χ0) is 17.2. The monoisotopic (exact) mass is 315 g/mol. The molecule has 0 aromatic carbocycles. The first-order valence-corrected chi connectivity index (χ1v) is 7.81. The fourth-order valence-corrected chi connectivity index (χ4v) is 2.29. The number of allylic oxidation sites excluding steroid dienone is 5. The number of hydrogen-bond donors (Lipinski definition) is 1. The zero-order valence-electron chi connectivity index (χ0n) is 14.5. The second-order valence-electron chi connectivity index (χ2n) is 5.43. The van der Waals surface area contributed by atoms with Gasteiger partial charge in [-0.3, -0.25) is 4.99 Å². The minimum absolute atomic E-state index is 0.303. The molecule has 1 aliphatic heterocycles. The van der Waals surface area contributed by atoms with Crippen LogP contribution in [0.3, 0.4) is 0 Å². The van der Waals surface area contributed by atoms with Gasteiger partial charge in [-0.15, -0.1) is 6.42 Å². The number of hydrogen-bond acceptors (Lipinski definition) is 2. The van der Waals surface area contributed by atoms with Gasteiger partial charge in [-0.05, 0) is 25.5 Å². The van der Waals surface area contributed by atoms with E-state index in [1.165, 1.54) is 5.57 Å². The van der Waals surface area contributed by atoms with E-state index in [4.69, 9.17) is 6.42 Å². The van der Waals surface area contributed by atoms with Gasteiger partial charge in [0.2, 0.25) is 0 Å². The SMILES string of the molecule is C#C/C(=C\C=C(/C)CC1=CC(=C/CC)/C(=N\C)N1)N(C)CCF. The van der Waals surface area contributed by atoms with E-state index in [1.54, 1.807) is 19.0 Å². The smallest absolute Gasteiger partial charge is 0.131 e. The summed E-state index contributed by atoms with van der Waals surface area (Å²) in [5, 5.41) is 3.33. The van der Waals surface area contributed by atoms with E-state index in [0.29, 0.717) is 12.2 Å². The summed E-state index contributed by atoms with van der Waals surface area (Å²) in [4.78, 5) is 6.00. The highest BCUT2D eigenvalue weighted by atomic mass is 19.1. The lowest BCUT2D eigenvalue weighted by Crippen LogP contribution is -2.19. The van der Waals surface area contributed by atoms with Gasteiger partial charge < -0.3 is 10.2 Å². The Balaban J connectivity index is 2.80. The Hall–Kier alpha value is -2.28. The first-order valence-electron chi connectivity index (χ1n) is 7.81. The fraction of sp³-hybridized carbons (Fsp3) is 0.421. The molecule has 23 heavy (non-hydrogen) atoms. The van der Waals surface area contributed by atoms with Crippen molar-refractivity contribution >= 4 is 5.84 Å².